The Balaban J connectivity index is 1.53. The highest BCUT2D eigenvalue weighted by Gasteiger charge is 2.29. The van der Waals surface area contributed by atoms with Crippen molar-refractivity contribution in [2.75, 3.05) is 13.1 Å². The summed E-state index contributed by atoms with van der Waals surface area (Å²) in [5, 5.41) is 13.1. The summed E-state index contributed by atoms with van der Waals surface area (Å²) in [7, 11) is 0. The molecule has 0 spiro atoms. The minimum absolute atomic E-state index is 0.0764. The van der Waals surface area contributed by atoms with Gasteiger partial charge in [0.2, 0.25) is 0 Å². The van der Waals surface area contributed by atoms with E-state index in [0.29, 0.717) is 5.92 Å². The van der Waals surface area contributed by atoms with E-state index in [1.807, 2.05) is 0 Å². The quantitative estimate of drug-likeness (QED) is 0.730. The number of nitrogens with one attached hydrogen (secondary N) is 1. The molecule has 1 atom stereocenters. The second-order valence-corrected chi connectivity index (χ2v) is 5.69. The van der Waals surface area contributed by atoms with Crippen LogP contribution in [-0.4, -0.2) is 24.3 Å². The van der Waals surface area contributed by atoms with Crippen LogP contribution in [0.4, 0.5) is 0 Å². The molecule has 15 heavy (non-hydrogen) atoms. The highest BCUT2D eigenvalue weighted by atomic mass is 16.3. The molecule has 0 heterocycles. The van der Waals surface area contributed by atoms with Crippen molar-refractivity contribution in [2.45, 2.75) is 51.6 Å². The summed E-state index contributed by atoms with van der Waals surface area (Å²) in [5.41, 5.74) is 0. The zero-order valence-corrected chi connectivity index (χ0v) is 9.91. The van der Waals surface area contributed by atoms with Crippen LogP contribution in [0.5, 0.6) is 0 Å². The summed E-state index contributed by atoms with van der Waals surface area (Å²) < 4.78 is 0. The second kappa shape index (κ2) is 5.31. The van der Waals surface area contributed by atoms with Crippen molar-refractivity contribution < 1.29 is 5.11 Å². The van der Waals surface area contributed by atoms with E-state index < -0.39 is 0 Å². The van der Waals surface area contributed by atoms with E-state index in [9.17, 15) is 5.11 Å². The van der Waals surface area contributed by atoms with Crippen LogP contribution < -0.4 is 5.32 Å². The fraction of sp³-hybridized carbons (Fsp3) is 1.00. The van der Waals surface area contributed by atoms with Crippen LogP contribution >= 0.6 is 0 Å². The lowest BCUT2D eigenvalue weighted by Gasteiger charge is -2.26. The van der Waals surface area contributed by atoms with Gasteiger partial charge in [-0.25, -0.2) is 0 Å². The fourth-order valence-electron chi connectivity index (χ4n) is 2.62. The number of rotatable bonds is 5. The number of hydrogen-bond donors (Lipinski definition) is 2. The first-order chi connectivity index (χ1) is 7.25. The van der Waals surface area contributed by atoms with Crippen molar-refractivity contribution in [3.05, 3.63) is 0 Å². The van der Waals surface area contributed by atoms with Gasteiger partial charge in [0, 0.05) is 6.54 Å². The van der Waals surface area contributed by atoms with Crippen LogP contribution in [0.3, 0.4) is 0 Å². The maximum Gasteiger partial charge on any atom is 0.0692 e. The van der Waals surface area contributed by atoms with Gasteiger partial charge in [-0.15, -0.1) is 0 Å². The van der Waals surface area contributed by atoms with Gasteiger partial charge in [-0.2, -0.15) is 0 Å². The Hall–Kier alpha value is -0.0800. The molecule has 2 aliphatic rings. The molecule has 0 amide bonds. The molecule has 2 fully saturated rings. The monoisotopic (exact) mass is 211 g/mol. The number of aliphatic hydroxyl groups excluding tert-OH is 1. The Kier molecular flexibility index (Phi) is 4.04. The van der Waals surface area contributed by atoms with E-state index in [1.165, 1.54) is 38.5 Å². The third-order valence-corrected chi connectivity index (χ3v) is 4.09. The molecule has 88 valence electrons. The molecule has 0 radical (unpaired) electrons. The zero-order chi connectivity index (χ0) is 10.7. The minimum Gasteiger partial charge on any atom is -0.392 e. The van der Waals surface area contributed by atoms with Gasteiger partial charge in [-0.1, -0.05) is 19.8 Å². The summed E-state index contributed by atoms with van der Waals surface area (Å²) in [6, 6.07) is 0. The van der Waals surface area contributed by atoms with Crippen molar-refractivity contribution >= 4 is 0 Å². The molecule has 0 saturated heterocycles. The van der Waals surface area contributed by atoms with Crippen LogP contribution in [0.1, 0.15) is 45.4 Å². The molecule has 2 nitrogen and oxygen atoms in total. The molecule has 0 aromatic rings. The average Bonchev–Trinajstić information content (AvgIpc) is 3.04. The van der Waals surface area contributed by atoms with Crippen LogP contribution in [0, 0.1) is 17.8 Å². The maximum atomic E-state index is 9.70. The largest absolute Gasteiger partial charge is 0.392 e. The van der Waals surface area contributed by atoms with E-state index in [4.69, 9.17) is 0 Å². The minimum atomic E-state index is -0.0764. The number of aliphatic hydroxyl groups is 1. The lowest BCUT2D eigenvalue weighted by atomic mass is 9.83. The Labute approximate surface area is 93.5 Å². The third-order valence-electron chi connectivity index (χ3n) is 4.09. The van der Waals surface area contributed by atoms with Crippen LogP contribution in [0.25, 0.3) is 0 Å². The van der Waals surface area contributed by atoms with E-state index in [-0.39, 0.29) is 6.10 Å². The average molecular weight is 211 g/mol. The van der Waals surface area contributed by atoms with E-state index >= 15 is 0 Å². The lowest BCUT2D eigenvalue weighted by Crippen LogP contribution is -2.33. The molecule has 2 heteroatoms. The van der Waals surface area contributed by atoms with Crippen LogP contribution in [0.2, 0.25) is 0 Å². The highest BCUT2D eigenvalue weighted by Crippen LogP contribution is 2.32. The molecule has 0 aromatic carbocycles. The van der Waals surface area contributed by atoms with Crippen LogP contribution in [-0.2, 0) is 0 Å². The van der Waals surface area contributed by atoms with Crippen molar-refractivity contribution in [3.63, 3.8) is 0 Å². The first-order valence-corrected chi connectivity index (χ1v) is 6.64. The van der Waals surface area contributed by atoms with Crippen LogP contribution in [0.15, 0.2) is 0 Å². The van der Waals surface area contributed by atoms with Gasteiger partial charge >= 0.3 is 0 Å². The number of hydrogen-bond acceptors (Lipinski definition) is 2. The molecule has 0 bridgehead atoms. The molecular weight excluding hydrogens is 186 g/mol. The lowest BCUT2D eigenvalue weighted by molar-refractivity contribution is 0.145. The summed E-state index contributed by atoms with van der Waals surface area (Å²) in [6.45, 7) is 4.30. The smallest absolute Gasteiger partial charge is 0.0692 e. The Morgan fingerprint density at radius 1 is 1.13 bits per heavy atom. The Bertz CT molecular complexity index is 183. The summed E-state index contributed by atoms with van der Waals surface area (Å²) in [5.74, 6) is 2.43. The Morgan fingerprint density at radius 3 is 2.40 bits per heavy atom. The Morgan fingerprint density at radius 2 is 1.80 bits per heavy atom. The molecule has 0 aromatic heterocycles. The van der Waals surface area contributed by atoms with Gasteiger partial charge in [0.1, 0.15) is 0 Å². The summed E-state index contributed by atoms with van der Waals surface area (Å²) in [4.78, 5) is 0. The molecule has 2 saturated carbocycles. The molecule has 2 aliphatic carbocycles. The van der Waals surface area contributed by atoms with Gasteiger partial charge in [-0.3, -0.25) is 0 Å². The predicted molar refractivity (Wildman–Crippen MR) is 62.7 cm³/mol. The van der Waals surface area contributed by atoms with Gasteiger partial charge in [-0.05, 0) is 50.0 Å². The molecule has 2 N–H and O–H groups in total. The zero-order valence-electron chi connectivity index (χ0n) is 9.91. The van der Waals surface area contributed by atoms with E-state index in [2.05, 4.69) is 12.2 Å². The van der Waals surface area contributed by atoms with Crippen molar-refractivity contribution in [1.82, 2.24) is 5.32 Å². The maximum absolute atomic E-state index is 9.70. The van der Waals surface area contributed by atoms with Gasteiger partial charge in [0.15, 0.2) is 0 Å². The van der Waals surface area contributed by atoms with E-state index in [0.717, 1.165) is 24.9 Å². The normalized spacial score (nSPS) is 34.0. The van der Waals surface area contributed by atoms with Crippen molar-refractivity contribution in [1.29, 1.82) is 0 Å². The standard InChI is InChI=1S/C13H25NO/c1-10-2-4-11(5-3-10)8-14-9-13(15)12-6-7-12/h10-15H,2-9H2,1H3. The van der Waals surface area contributed by atoms with Crippen molar-refractivity contribution in [3.8, 4) is 0 Å². The molecule has 0 aliphatic heterocycles. The highest BCUT2D eigenvalue weighted by molar-refractivity contribution is 4.82. The third kappa shape index (κ3) is 3.76. The topological polar surface area (TPSA) is 32.3 Å². The molecular formula is C13H25NO. The molecule has 1 unspecified atom stereocenters. The predicted octanol–water partition coefficient (Wildman–Crippen LogP) is 2.17. The second-order valence-electron chi connectivity index (χ2n) is 5.69. The first kappa shape index (κ1) is 11.4. The summed E-state index contributed by atoms with van der Waals surface area (Å²) in [6.07, 6.45) is 7.97. The van der Waals surface area contributed by atoms with Crippen molar-refractivity contribution in [2.24, 2.45) is 17.8 Å². The SMILES string of the molecule is CC1CCC(CNCC(O)C2CC2)CC1. The van der Waals surface area contributed by atoms with Gasteiger partial charge < -0.3 is 10.4 Å². The summed E-state index contributed by atoms with van der Waals surface area (Å²) >= 11 is 0. The first-order valence-electron chi connectivity index (χ1n) is 6.64. The fourth-order valence-corrected chi connectivity index (χ4v) is 2.62. The van der Waals surface area contributed by atoms with Gasteiger partial charge in [0.25, 0.3) is 0 Å². The molecule has 2 rings (SSSR count). The van der Waals surface area contributed by atoms with E-state index in [1.54, 1.807) is 0 Å². The van der Waals surface area contributed by atoms with Gasteiger partial charge in [0.05, 0.1) is 6.10 Å².